The van der Waals surface area contributed by atoms with Crippen molar-refractivity contribution < 1.29 is 9.53 Å². The molecule has 5 heteroatoms. The number of amides is 1. The normalized spacial score (nSPS) is 12.3. The lowest BCUT2D eigenvalue weighted by Crippen LogP contribution is -2.30. The van der Waals surface area contributed by atoms with Gasteiger partial charge in [0.25, 0.3) is 5.91 Å². The summed E-state index contributed by atoms with van der Waals surface area (Å²) >= 11 is 9.43. The number of alkyl halides is 1. The summed E-state index contributed by atoms with van der Waals surface area (Å²) in [5, 5.41) is 3.44. The average molecular weight is 349 g/mol. The van der Waals surface area contributed by atoms with Crippen molar-refractivity contribution in [1.29, 1.82) is 0 Å². The fourth-order valence-corrected chi connectivity index (χ4v) is 2.82. The van der Waals surface area contributed by atoms with Gasteiger partial charge in [0.15, 0.2) is 0 Å². The third kappa shape index (κ3) is 5.41. The van der Waals surface area contributed by atoms with E-state index in [0.717, 1.165) is 6.42 Å². The van der Waals surface area contributed by atoms with Crippen molar-refractivity contribution in [3.8, 4) is 5.75 Å². The van der Waals surface area contributed by atoms with E-state index in [1.54, 1.807) is 18.2 Å². The summed E-state index contributed by atoms with van der Waals surface area (Å²) in [7, 11) is 1.52. The monoisotopic (exact) mass is 347 g/mol. The van der Waals surface area contributed by atoms with Gasteiger partial charge in [0.2, 0.25) is 0 Å². The quantitative estimate of drug-likeness (QED) is 0.792. The second-order valence-corrected chi connectivity index (χ2v) is 6.51. The Bertz CT molecular complexity index is 437. The van der Waals surface area contributed by atoms with Gasteiger partial charge in [0.05, 0.1) is 12.7 Å². The lowest BCUT2D eigenvalue weighted by atomic mass is 10.1. The first-order valence-corrected chi connectivity index (χ1v) is 7.49. The minimum atomic E-state index is -0.151. The molecule has 19 heavy (non-hydrogen) atoms. The van der Waals surface area contributed by atoms with E-state index in [2.05, 4.69) is 35.1 Å². The number of rotatable bonds is 6. The third-order valence-electron chi connectivity index (χ3n) is 2.62. The molecule has 0 spiro atoms. The zero-order valence-electron chi connectivity index (χ0n) is 11.4. The molecular formula is C14H19BrClNO2. The molecule has 0 saturated carbocycles. The molecule has 0 aliphatic heterocycles. The van der Waals surface area contributed by atoms with E-state index < -0.39 is 0 Å². The van der Waals surface area contributed by atoms with Crippen LogP contribution in [0.15, 0.2) is 18.2 Å². The van der Waals surface area contributed by atoms with Crippen LogP contribution in [-0.4, -0.2) is 24.4 Å². The van der Waals surface area contributed by atoms with Crippen LogP contribution in [0.5, 0.6) is 5.75 Å². The maximum atomic E-state index is 12.1. The van der Waals surface area contributed by atoms with Gasteiger partial charge in [-0.1, -0.05) is 41.4 Å². The molecular weight excluding hydrogens is 330 g/mol. The van der Waals surface area contributed by atoms with Gasteiger partial charge in [-0.3, -0.25) is 4.79 Å². The van der Waals surface area contributed by atoms with Crippen LogP contribution in [0.25, 0.3) is 0 Å². The van der Waals surface area contributed by atoms with Crippen molar-refractivity contribution >= 4 is 33.4 Å². The van der Waals surface area contributed by atoms with Gasteiger partial charge in [0, 0.05) is 16.4 Å². The molecule has 1 unspecified atom stereocenters. The Kier molecular flexibility index (Phi) is 6.66. The van der Waals surface area contributed by atoms with Crippen molar-refractivity contribution in [3.05, 3.63) is 28.8 Å². The van der Waals surface area contributed by atoms with Crippen LogP contribution in [0.4, 0.5) is 0 Å². The molecule has 0 bridgehead atoms. The Hall–Kier alpha value is -0.740. The van der Waals surface area contributed by atoms with E-state index in [-0.39, 0.29) is 10.7 Å². The second kappa shape index (κ2) is 7.75. The van der Waals surface area contributed by atoms with Crippen molar-refractivity contribution in [1.82, 2.24) is 5.32 Å². The molecule has 1 N–H and O–H groups in total. The summed E-state index contributed by atoms with van der Waals surface area (Å²) in [5.41, 5.74) is 0.496. The van der Waals surface area contributed by atoms with E-state index in [9.17, 15) is 4.79 Å². The lowest BCUT2D eigenvalue weighted by Gasteiger charge is -2.14. The highest BCUT2D eigenvalue weighted by molar-refractivity contribution is 9.09. The Morgan fingerprint density at radius 2 is 2.16 bits per heavy atom. The number of carbonyl (C=O) groups is 1. The molecule has 0 aliphatic carbocycles. The highest BCUT2D eigenvalue weighted by Gasteiger charge is 2.14. The van der Waals surface area contributed by atoms with Crippen LogP contribution in [0.3, 0.4) is 0 Å². The van der Waals surface area contributed by atoms with Gasteiger partial charge < -0.3 is 10.1 Å². The van der Waals surface area contributed by atoms with Crippen molar-refractivity contribution in [2.75, 3.05) is 13.7 Å². The van der Waals surface area contributed by atoms with Gasteiger partial charge in [-0.2, -0.15) is 0 Å². The maximum Gasteiger partial charge on any atom is 0.255 e. The Morgan fingerprint density at radius 3 is 2.74 bits per heavy atom. The number of ether oxygens (including phenoxy) is 1. The Balaban J connectivity index is 2.63. The molecule has 1 rings (SSSR count). The molecule has 3 nitrogen and oxygen atoms in total. The van der Waals surface area contributed by atoms with Crippen molar-refractivity contribution in [2.45, 2.75) is 25.1 Å². The molecule has 0 fully saturated rings. The number of carbonyl (C=O) groups excluding carboxylic acids is 1. The van der Waals surface area contributed by atoms with Crippen molar-refractivity contribution in [3.63, 3.8) is 0 Å². The highest BCUT2D eigenvalue weighted by Crippen LogP contribution is 2.23. The first kappa shape index (κ1) is 16.3. The molecule has 106 valence electrons. The topological polar surface area (TPSA) is 38.3 Å². The van der Waals surface area contributed by atoms with E-state index >= 15 is 0 Å². The van der Waals surface area contributed by atoms with E-state index in [1.807, 2.05) is 0 Å². The fourth-order valence-electron chi connectivity index (χ4n) is 1.75. The second-order valence-electron chi connectivity index (χ2n) is 4.78. The van der Waals surface area contributed by atoms with Crippen LogP contribution < -0.4 is 10.1 Å². The number of hydrogen-bond acceptors (Lipinski definition) is 2. The molecule has 1 atom stereocenters. The van der Waals surface area contributed by atoms with Gasteiger partial charge >= 0.3 is 0 Å². The zero-order valence-corrected chi connectivity index (χ0v) is 13.7. The fraction of sp³-hybridized carbons (Fsp3) is 0.500. The van der Waals surface area contributed by atoms with Gasteiger partial charge in [-0.25, -0.2) is 0 Å². The van der Waals surface area contributed by atoms with Crippen LogP contribution in [-0.2, 0) is 0 Å². The minimum Gasteiger partial charge on any atom is -0.496 e. The Labute approximate surface area is 127 Å². The van der Waals surface area contributed by atoms with E-state index in [1.165, 1.54) is 7.11 Å². The molecule has 0 saturated heterocycles. The standard InChI is InChI=1S/C14H19BrClNO2/c1-9(2)6-10(15)8-17-14(18)12-5-4-11(16)7-13(12)19-3/h4-5,7,9-10H,6,8H2,1-3H3,(H,17,18). The highest BCUT2D eigenvalue weighted by atomic mass is 79.9. The molecule has 1 amide bonds. The SMILES string of the molecule is COc1cc(Cl)ccc1C(=O)NCC(Br)CC(C)C. The molecule has 0 aromatic heterocycles. The van der Waals surface area contributed by atoms with Gasteiger partial charge in [-0.05, 0) is 30.5 Å². The third-order valence-corrected chi connectivity index (χ3v) is 3.55. The van der Waals surface area contributed by atoms with E-state index in [4.69, 9.17) is 16.3 Å². The zero-order chi connectivity index (χ0) is 14.4. The van der Waals surface area contributed by atoms with Crippen molar-refractivity contribution in [2.24, 2.45) is 5.92 Å². The number of methoxy groups -OCH3 is 1. The summed E-state index contributed by atoms with van der Waals surface area (Å²) in [5.74, 6) is 0.924. The summed E-state index contributed by atoms with van der Waals surface area (Å²) < 4.78 is 5.16. The predicted molar refractivity (Wildman–Crippen MR) is 82.5 cm³/mol. The Morgan fingerprint density at radius 1 is 1.47 bits per heavy atom. The number of halogens is 2. The van der Waals surface area contributed by atoms with Crippen LogP contribution >= 0.6 is 27.5 Å². The summed E-state index contributed by atoms with van der Waals surface area (Å²) in [6, 6.07) is 4.98. The largest absolute Gasteiger partial charge is 0.496 e. The van der Waals surface area contributed by atoms with Crippen LogP contribution in [0.1, 0.15) is 30.6 Å². The number of hydrogen-bond donors (Lipinski definition) is 1. The molecule has 1 aromatic carbocycles. The number of benzene rings is 1. The predicted octanol–water partition coefficient (Wildman–Crippen LogP) is 3.89. The molecule has 0 aliphatic rings. The first-order chi connectivity index (χ1) is 8.93. The first-order valence-electron chi connectivity index (χ1n) is 6.19. The smallest absolute Gasteiger partial charge is 0.255 e. The summed E-state index contributed by atoms with van der Waals surface area (Å²) in [6.07, 6.45) is 1.01. The summed E-state index contributed by atoms with van der Waals surface area (Å²) in [4.78, 5) is 12.3. The lowest BCUT2D eigenvalue weighted by molar-refractivity contribution is 0.0950. The minimum absolute atomic E-state index is 0.151. The van der Waals surface area contributed by atoms with E-state index in [0.29, 0.717) is 28.8 Å². The van der Waals surface area contributed by atoms with Crippen LogP contribution in [0, 0.1) is 5.92 Å². The molecule has 1 aromatic rings. The molecule has 0 heterocycles. The maximum absolute atomic E-state index is 12.1. The van der Waals surface area contributed by atoms with Gasteiger partial charge in [-0.15, -0.1) is 0 Å². The average Bonchev–Trinajstić information content (AvgIpc) is 2.34. The van der Waals surface area contributed by atoms with Crippen LogP contribution in [0.2, 0.25) is 5.02 Å². The molecule has 0 radical (unpaired) electrons. The van der Waals surface area contributed by atoms with Gasteiger partial charge in [0.1, 0.15) is 5.75 Å². The number of nitrogens with one attached hydrogen (secondary N) is 1. The summed E-state index contributed by atoms with van der Waals surface area (Å²) in [6.45, 7) is 4.89.